The summed E-state index contributed by atoms with van der Waals surface area (Å²) in [5.41, 5.74) is 6.10. The van der Waals surface area contributed by atoms with Crippen LogP contribution >= 0.6 is 0 Å². The lowest BCUT2D eigenvalue weighted by molar-refractivity contribution is -0.123. The molecule has 0 heterocycles. The fraction of sp³-hybridized carbons (Fsp3) is 0.333. The smallest absolute Gasteiger partial charge is 0.217 e. The van der Waals surface area contributed by atoms with Crippen LogP contribution in [0.2, 0.25) is 0 Å². The summed E-state index contributed by atoms with van der Waals surface area (Å²) in [4.78, 5) is 21.8. The summed E-state index contributed by atoms with van der Waals surface area (Å²) in [5.74, 6) is -0.319. The van der Waals surface area contributed by atoms with E-state index in [-0.39, 0.29) is 18.6 Å². The van der Waals surface area contributed by atoms with Gasteiger partial charge >= 0.3 is 0 Å². The number of benzene rings is 1. The number of carbonyl (C=O) groups excluding carboxylic acids is 2. The first-order valence-electron chi connectivity index (χ1n) is 5.02. The molecule has 0 aliphatic rings. The lowest BCUT2D eigenvalue weighted by Crippen LogP contribution is -2.12. The van der Waals surface area contributed by atoms with Gasteiger partial charge in [0.25, 0.3) is 0 Å². The molecular formula is C12H15NO2. The Kier molecular flexibility index (Phi) is 4.54. The van der Waals surface area contributed by atoms with Crippen LogP contribution in [0.4, 0.5) is 0 Å². The highest BCUT2D eigenvalue weighted by Crippen LogP contribution is 2.04. The van der Waals surface area contributed by atoms with Crippen molar-refractivity contribution in [1.29, 1.82) is 0 Å². The van der Waals surface area contributed by atoms with Crippen LogP contribution in [0.15, 0.2) is 30.3 Å². The number of nitrogens with two attached hydrogens (primary N) is 1. The molecule has 3 heteroatoms. The quantitative estimate of drug-likeness (QED) is 0.764. The highest BCUT2D eigenvalue weighted by atomic mass is 16.1. The average molecular weight is 205 g/mol. The number of rotatable bonds is 6. The Bertz CT molecular complexity index is 333. The largest absolute Gasteiger partial charge is 0.370 e. The van der Waals surface area contributed by atoms with Crippen LogP contribution in [0, 0.1) is 0 Å². The van der Waals surface area contributed by atoms with E-state index in [4.69, 9.17) is 5.73 Å². The van der Waals surface area contributed by atoms with Crippen molar-refractivity contribution in [2.45, 2.75) is 25.7 Å². The van der Waals surface area contributed by atoms with Gasteiger partial charge in [-0.15, -0.1) is 0 Å². The Balaban J connectivity index is 2.26. The first-order chi connectivity index (χ1) is 7.18. The topological polar surface area (TPSA) is 60.2 Å². The van der Waals surface area contributed by atoms with Crippen molar-refractivity contribution in [3.63, 3.8) is 0 Å². The van der Waals surface area contributed by atoms with E-state index in [2.05, 4.69) is 0 Å². The lowest BCUT2D eigenvalue weighted by atomic mass is 10.1. The van der Waals surface area contributed by atoms with Gasteiger partial charge in [0.1, 0.15) is 5.78 Å². The molecule has 15 heavy (non-hydrogen) atoms. The van der Waals surface area contributed by atoms with Crippen LogP contribution in [-0.2, 0) is 16.0 Å². The summed E-state index contributed by atoms with van der Waals surface area (Å²) < 4.78 is 0. The van der Waals surface area contributed by atoms with Crippen molar-refractivity contribution >= 4 is 11.7 Å². The number of amides is 1. The molecule has 1 rings (SSSR count). The minimum atomic E-state index is -0.414. The van der Waals surface area contributed by atoms with Gasteiger partial charge in [-0.3, -0.25) is 9.59 Å². The van der Waals surface area contributed by atoms with Gasteiger partial charge in [0.15, 0.2) is 0 Å². The number of carbonyl (C=O) groups is 2. The van der Waals surface area contributed by atoms with Gasteiger partial charge in [-0.05, 0) is 12.0 Å². The first kappa shape index (κ1) is 11.4. The molecule has 2 N–H and O–H groups in total. The fourth-order valence-electron chi connectivity index (χ4n) is 1.32. The van der Waals surface area contributed by atoms with Gasteiger partial charge in [0.05, 0.1) is 0 Å². The van der Waals surface area contributed by atoms with Gasteiger partial charge in [0, 0.05) is 19.3 Å². The van der Waals surface area contributed by atoms with Gasteiger partial charge < -0.3 is 5.73 Å². The second-order valence-corrected chi connectivity index (χ2v) is 3.49. The van der Waals surface area contributed by atoms with Crippen molar-refractivity contribution in [1.82, 2.24) is 0 Å². The van der Waals surface area contributed by atoms with Crippen molar-refractivity contribution in [2.24, 2.45) is 5.73 Å². The first-order valence-corrected chi connectivity index (χ1v) is 5.02. The van der Waals surface area contributed by atoms with Gasteiger partial charge in [-0.25, -0.2) is 0 Å². The van der Waals surface area contributed by atoms with E-state index < -0.39 is 5.91 Å². The average Bonchev–Trinajstić information content (AvgIpc) is 2.25. The Morgan fingerprint density at radius 1 is 1.00 bits per heavy atom. The summed E-state index contributed by atoms with van der Waals surface area (Å²) in [6.45, 7) is 0. The van der Waals surface area contributed by atoms with E-state index >= 15 is 0 Å². The van der Waals surface area contributed by atoms with Gasteiger partial charge in [0.2, 0.25) is 5.91 Å². The summed E-state index contributed by atoms with van der Waals surface area (Å²) in [6.07, 6.45) is 1.64. The minimum Gasteiger partial charge on any atom is -0.370 e. The number of Topliss-reactive ketones (excluding diaryl/α,β-unsaturated/α-hetero) is 1. The standard InChI is InChI=1S/C12H15NO2/c13-12(15)9-8-11(14)7-6-10-4-2-1-3-5-10/h1-5H,6-9H2,(H2,13,15). The van der Waals surface area contributed by atoms with Gasteiger partial charge in [-0.2, -0.15) is 0 Å². The molecule has 0 atom stereocenters. The maximum Gasteiger partial charge on any atom is 0.217 e. The molecular weight excluding hydrogens is 190 g/mol. The molecule has 0 spiro atoms. The second kappa shape index (κ2) is 5.96. The molecule has 1 aromatic rings. The molecule has 80 valence electrons. The van der Waals surface area contributed by atoms with Gasteiger partial charge in [-0.1, -0.05) is 30.3 Å². The second-order valence-electron chi connectivity index (χ2n) is 3.49. The fourth-order valence-corrected chi connectivity index (χ4v) is 1.32. The third-order valence-electron chi connectivity index (χ3n) is 2.19. The third kappa shape index (κ3) is 4.96. The van der Waals surface area contributed by atoms with E-state index in [1.165, 1.54) is 0 Å². The molecule has 0 aromatic heterocycles. The predicted molar refractivity (Wildman–Crippen MR) is 58.2 cm³/mol. The number of ketones is 1. The molecule has 0 radical (unpaired) electrons. The van der Waals surface area contributed by atoms with E-state index in [0.29, 0.717) is 6.42 Å². The zero-order chi connectivity index (χ0) is 11.1. The van der Waals surface area contributed by atoms with Crippen LogP contribution in [0.1, 0.15) is 24.8 Å². The molecule has 0 fully saturated rings. The monoisotopic (exact) mass is 205 g/mol. The normalized spacial score (nSPS) is 9.87. The molecule has 0 unspecified atom stereocenters. The zero-order valence-corrected chi connectivity index (χ0v) is 8.61. The summed E-state index contributed by atoms with van der Waals surface area (Å²) in [6, 6.07) is 9.81. The van der Waals surface area contributed by atoms with Crippen molar-refractivity contribution in [3.8, 4) is 0 Å². The number of primary amides is 1. The van der Waals surface area contributed by atoms with Crippen LogP contribution < -0.4 is 5.73 Å². The summed E-state index contributed by atoms with van der Waals surface area (Å²) in [5, 5.41) is 0. The van der Waals surface area contributed by atoms with E-state index in [0.717, 1.165) is 12.0 Å². The molecule has 0 aliphatic heterocycles. The molecule has 0 aliphatic carbocycles. The van der Waals surface area contributed by atoms with Crippen LogP contribution in [0.3, 0.4) is 0 Å². The molecule has 3 nitrogen and oxygen atoms in total. The molecule has 0 saturated heterocycles. The summed E-state index contributed by atoms with van der Waals surface area (Å²) >= 11 is 0. The molecule has 1 amide bonds. The highest BCUT2D eigenvalue weighted by molar-refractivity contribution is 5.84. The Hall–Kier alpha value is -1.64. The van der Waals surface area contributed by atoms with Crippen LogP contribution in [0.5, 0.6) is 0 Å². The minimum absolute atomic E-state index is 0.0950. The third-order valence-corrected chi connectivity index (χ3v) is 2.19. The lowest BCUT2D eigenvalue weighted by Gasteiger charge is -2.00. The molecule has 0 saturated carbocycles. The number of hydrogen-bond donors (Lipinski definition) is 1. The zero-order valence-electron chi connectivity index (χ0n) is 8.61. The SMILES string of the molecule is NC(=O)CCC(=O)CCc1ccccc1. The van der Waals surface area contributed by atoms with Crippen LogP contribution in [0.25, 0.3) is 0 Å². The van der Waals surface area contributed by atoms with E-state index in [1.807, 2.05) is 30.3 Å². The summed E-state index contributed by atoms with van der Waals surface area (Å²) in [7, 11) is 0. The molecule has 1 aromatic carbocycles. The van der Waals surface area contributed by atoms with Crippen molar-refractivity contribution in [2.75, 3.05) is 0 Å². The number of aryl methyl sites for hydroxylation is 1. The maximum atomic E-state index is 11.3. The van der Waals surface area contributed by atoms with E-state index in [9.17, 15) is 9.59 Å². The Labute approximate surface area is 89.3 Å². The van der Waals surface area contributed by atoms with Crippen molar-refractivity contribution in [3.05, 3.63) is 35.9 Å². The number of hydrogen-bond acceptors (Lipinski definition) is 2. The highest BCUT2D eigenvalue weighted by Gasteiger charge is 2.04. The maximum absolute atomic E-state index is 11.3. The van der Waals surface area contributed by atoms with Crippen LogP contribution in [-0.4, -0.2) is 11.7 Å². The van der Waals surface area contributed by atoms with E-state index in [1.54, 1.807) is 0 Å². The predicted octanol–water partition coefficient (Wildman–Crippen LogP) is 1.45. The van der Waals surface area contributed by atoms with Crippen molar-refractivity contribution < 1.29 is 9.59 Å². The Morgan fingerprint density at radius 3 is 2.27 bits per heavy atom. The molecule has 0 bridgehead atoms. The Morgan fingerprint density at radius 2 is 1.67 bits per heavy atom.